The third kappa shape index (κ3) is 4.61. The van der Waals surface area contributed by atoms with Crippen LogP contribution in [-0.4, -0.2) is 34.2 Å². The van der Waals surface area contributed by atoms with Crippen LogP contribution in [0.1, 0.15) is 12.5 Å². The van der Waals surface area contributed by atoms with Gasteiger partial charge in [-0.15, -0.1) is 0 Å². The van der Waals surface area contributed by atoms with Crippen LogP contribution in [-0.2, 0) is 11.3 Å². The molecule has 8 nitrogen and oxygen atoms in total. The molecule has 2 aromatic carbocycles. The molecule has 0 fully saturated rings. The standard InChI is InChI=1S/C22H19FN4O4/c1-2-29-17-6-4-3-5-15(17)11-24-18(28)12-30-21-19-20(14-7-9-16(23)10-8-14)27-31-22(19)26-13-25-21/h3-10,13H,2,11-12H2,1H3,(H,24,28). The molecule has 2 heterocycles. The minimum absolute atomic E-state index is 0.149. The molecule has 0 aliphatic heterocycles. The summed E-state index contributed by atoms with van der Waals surface area (Å²) in [6, 6.07) is 13.2. The largest absolute Gasteiger partial charge is 0.494 e. The van der Waals surface area contributed by atoms with Gasteiger partial charge in [-0.1, -0.05) is 23.4 Å². The number of fused-ring (bicyclic) bond motifs is 1. The third-order valence-electron chi connectivity index (χ3n) is 4.44. The zero-order valence-electron chi connectivity index (χ0n) is 16.7. The second-order valence-corrected chi connectivity index (χ2v) is 6.50. The van der Waals surface area contributed by atoms with Crippen molar-refractivity contribution in [2.45, 2.75) is 13.5 Å². The molecule has 0 unspecified atom stereocenters. The van der Waals surface area contributed by atoms with Crippen molar-refractivity contribution in [3.63, 3.8) is 0 Å². The van der Waals surface area contributed by atoms with Gasteiger partial charge in [0.15, 0.2) is 6.61 Å². The van der Waals surface area contributed by atoms with Crippen molar-refractivity contribution < 1.29 is 23.2 Å². The molecule has 0 bridgehead atoms. The Hall–Kier alpha value is -4.01. The Bertz CT molecular complexity index is 1190. The van der Waals surface area contributed by atoms with Gasteiger partial charge in [-0.25, -0.2) is 9.37 Å². The molecule has 0 saturated heterocycles. The number of rotatable bonds is 8. The van der Waals surface area contributed by atoms with Crippen LogP contribution < -0.4 is 14.8 Å². The van der Waals surface area contributed by atoms with Gasteiger partial charge in [0.25, 0.3) is 11.6 Å². The molecule has 0 atom stereocenters. The smallest absolute Gasteiger partial charge is 0.265 e. The van der Waals surface area contributed by atoms with Crippen molar-refractivity contribution in [3.05, 3.63) is 66.2 Å². The number of nitrogens with zero attached hydrogens (tertiary/aromatic N) is 3. The fraction of sp³-hybridized carbons (Fsp3) is 0.182. The van der Waals surface area contributed by atoms with Crippen molar-refractivity contribution in [2.75, 3.05) is 13.2 Å². The molecule has 2 aromatic heterocycles. The number of benzene rings is 2. The normalized spacial score (nSPS) is 10.8. The number of aromatic nitrogens is 3. The van der Waals surface area contributed by atoms with Gasteiger partial charge < -0.3 is 19.3 Å². The molecular formula is C22H19FN4O4. The lowest BCUT2D eigenvalue weighted by molar-refractivity contribution is -0.123. The lowest BCUT2D eigenvalue weighted by Crippen LogP contribution is -2.28. The quantitative estimate of drug-likeness (QED) is 0.464. The first-order valence-electron chi connectivity index (χ1n) is 9.62. The lowest BCUT2D eigenvalue weighted by Gasteiger charge is -2.11. The van der Waals surface area contributed by atoms with Gasteiger partial charge in [-0.05, 0) is 37.3 Å². The van der Waals surface area contributed by atoms with E-state index in [-0.39, 0.29) is 29.9 Å². The van der Waals surface area contributed by atoms with Crippen LogP contribution in [0.5, 0.6) is 11.6 Å². The summed E-state index contributed by atoms with van der Waals surface area (Å²) in [5, 5.41) is 7.19. The van der Waals surface area contributed by atoms with Crippen LogP contribution in [0.2, 0.25) is 0 Å². The van der Waals surface area contributed by atoms with Crippen molar-refractivity contribution in [2.24, 2.45) is 0 Å². The van der Waals surface area contributed by atoms with Gasteiger partial charge in [0.05, 0.1) is 6.61 Å². The van der Waals surface area contributed by atoms with Crippen molar-refractivity contribution >= 4 is 17.0 Å². The third-order valence-corrected chi connectivity index (χ3v) is 4.44. The van der Waals surface area contributed by atoms with Crippen molar-refractivity contribution in [1.82, 2.24) is 20.4 Å². The average molecular weight is 422 g/mol. The van der Waals surface area contributed by atoms with E-state index in [4.69, 9.17) is 14.0 Å². The minimum atomic E-state index is -0.369. The number of halogens is 1. The van der Waals surface area contributed by atoms with E-state index >= 15 is 0 Å². The Morgan fingerprint density at radius 1 is 1.10 bits per heavy atom. The number of hydrogen-bond acceptors (Lipinski definition) is 7. The Balaban J connectivity index is 1.46. The van der Waals surface area contributed by atoms with E-state index in [0.717, 1.165) is 11.3 Å². The summed E-state index contributed by atoms with van der Waals surface area (Å²) in [5.74, 6) is 0.164. The van der Waals surface area contributed by atoms with E-state index in [1.54, 1.807) is 12.1 Å². The molecule has 4 aromatic rings. The van der Waals surface area contributed by atoms with E-state index in [9.17, 15) is 9.18 Å². The number of hydrogen-bond donors (Lipinski definition) is 1. The monoisotopic (exact) mass is 422 g/mol. The SMILES string of the molecule is CCOc1ccccc1CNC(=O)COc1ncnc2onc(-c3ccc(F)cc3)c12. The average Bonchev–Trinajstić information content (AvgIpc) is 3.23. The van der Waals surface area contributed by atoms with E-state index in [1.165, 1.54) is 18.5 Å². The molecule has 9 heteroatoms. The van der Waals surface area contributed by atoms with Crippen LogP contribution >= 0.6 is 0 Å². The van der Waals surface area contributed by atoms with Gasteiger partial charge in [0.1, 0.15) is 29.0 Å². The highest BCUT2D eigenvalue weighted by atomic mass is 19.1. The van der Waals surface area contributed by atoms with E-state index in [0.29, 0.717) is 29.8 Å². The van der Waals surface area contributed by atoms with E-state index in [1.807, 2.05) is 31.2 Å². The molecule has 0 spiro atoms. The van der Waals surface area contributed by atoms with Crippen LogP contribution in [0.4, 0.5) is 4.39 Å². The number of amides is 1. The fourth-order valence-electron chi connectivity index (χ4n) is 3.00. The minimum Gasteiger partial charge on any atom is -0.494 e. The first kappa shape index (κ1) is 20.3. The molecule has 0 aliphatic carbocycles. The molecule has 0 radical (unpaired) electrons. The Kier molecular flexibility index (Phi) is 6.02. The number of ether oxygens (including phenoxy) is 2. The number of carbonyl (C=O) groups is 1. The van der Waals surface area contributed by atoms with E-state index < -0.39 is 0 Å². The van der Waals surface area contributed by atoms with E-state index in [2.05, 4.69) is 20.4 Å². The van der Waals surface area contributed by atoms with Crippen LogP contribution in [0.15, 0.2) is 59.4 Å². The second kappa shape index (κ2) is 9.21. The Morgan fingerprint density at radius 2 is 1.90 bits per heavy atom. The molecule has 31 heavy (non-hydrogen) atoms. The highest BCUT2D eigenvalue weighted by Gasteiger charge is 2.19. The molecule has 0 aliphatic rings. The van der Waals surface area contributed by atoms with Crippen LogP contribution in [0, 0.1) is 5.82 Å². The molecule has 1 N–H and O–H groups in total. The van der Waals surface area contributed by atoms with Crippen LogP contribution in [0.25, 0.3) is 22.4 Å². The van der Waals surface area contributed by atoms with Gasteiger partial charge in [0, 0.05) is 17.7 Å². The molecule has 0 saturated carbocycles. The second-order valence-electron chi connectivity index (χ2n) is 6.50. The maximum absolute atomic E-state index is 13.2. The molecular weight excluding hydrogens is 403 g/mol. The van der Waals surface area contributed by atoms with Crippen molar-refractivity contribution in [3.8, 4) is 22.9 Å². The summed E-state index contributed by atoms with van der Waals surface area (Å²) >= 11 is 0. The fourth-order valence-corrected chi connectivity index (χ4v) is 3.00. The van der Waals surface area contributed by atoms with Gasteiger partial charge in [0.2, 0.25) is 5.88 Å². The summed E-state index contributed by atoms with van der Waals surface area (Å²) in [7, 11) is 0. The highest BCUT2D eigenvalue weighted by molar-refractivity contribution is 5.93. The zero-order chi connectivity index (χ0) is 21.6. The highest BCUT2D eigenvalue weighted by Crippen LogP contribution is 2.32. The predicted octanol–water partition coefficient (Wildman–Crippen LogP) is 3.52. The summed E-state index contributed by atoms with van der Waals surface area (Å²) in [6.07, 6.45) is 1.26. The first-order chi connectivity index (χ1) is 15.2. The Morgan fingerprint density at radius 3 is 2.71 bits per heavy atom. The maximum atomic E-state index is 13.2. The molecule has 158 valence electrons. The Labute approximate surface area is 177 Å². The summed E-state index contributed by atoms with van der Waals surface area (Å²) in [4.78, 5) is 20.5. The summed E-state index contributed by atoms with van der Waals surface area (Å²) in [5.41, 5.74) is 2.07. The topological polar surface area (TPSA) is 99.4 Å². The maximum Gasteiger partial charge on any atom is 0.265 e. The first-order valence-corrected chi connectivity index (χ1v) is 9.62. The predicted molar refractivity (Wildman–Crippen MR) is 110 cm³/mol. The lowest BCUT2D eigenvalue weighted by atomic mass is 10.1. The van der Waals surface area contributed by atoms with Gasteiger partial charge >= 0.3 is 0 Å². The summed E-state index contributed by atoms with van der Waals surface area (Å²) in [6.45, 7) is 2.46. The molecule has 1 amide bonds. The van der Waals surface area contributed by atoms with Crippen molar-refractivity contribution in [1.29, 1.82) is 0 Å². The molecule has 4 rings (SSSR count). The van der Waals surface area contributed by atoms with Gasteiger partial charge in [-0.3, -0.25) is 4.79 Å². The number of para-hydroxylation sites is 1. The zero-order valence-corrected chi connectivity index (χ0v) is 16.7. The van der Waals surface area contributed by atoms with Gasteiger partial charge in [-0.2, -0.15) is 4.98 Å². The van der Waals surface area contributed by atoms with Crippen LogP contribution in [0.3, 0.4) is 0 Å². The number of carbonyl (C=O) groups excluding carboxylic acids is 1. The summed E-state index contributed by atoms with van der Waals surface area (Å²) < 4.78 is 29.7. The number of nitrogens with one attached hydrogen (secondary N) is 1.